The van der Waals surface area contributed by atoms with E-state index in [-0.39, 0.29) is 30.4 Å². The number of rotatable bonds is 6. The Morgan fingerprint density at radius 2 is 2.04 bits per heavy atom. The molecule has 0 spiro atoms. The van der Waals surface area contributed by atoms with E-state index in [2.05, 4.69) is 0 Å². The van der Waals surface area contributed by atoms with Crippen LogP contribution in [0.1, 0.15) is 17.5 Å². The van der Waals surface area contributed by atoms with Gasteiger partial charge in [-0.05, 0) is 35.7 Å². The molecule has 0 atom stereocenters. The molecule has 0 saturated carbocycles. The summed E-state index contributed by atoms with van der Waals surface area (Å²) in [6.07, 6.45) is 0.635. The molecule has 0 aromatic heterocycles. The van der Waals surface area contributed by atoms with Crippen molar-refractivity contribution < 1.29 is 14.1 Å². The first kappa shape index (κ1) is 17.9. The van der Waals surface area contributed by atoms with Crippen LogP contribution >= 0.6 is 11.6 Å². The van der Waals surface area contributed by atoms with Crippen molar-refractivity contribution in [3.63, 3.8) is 0 Å². The summed E-state index contributed by atoms with van der Waals surface area (Å²) in [6.45, 7) is 0.169. The molecule has 5 nitrogen and oxygen atoms in total. The van der Waals surface area contributed by atoms with Crippen LogP contribution in [0.15, 0.2) is 42.5 Å². The van der Waals surface area contributed by atoms with Gasteiger partial charge in [0.15, 0.2) is 0 Å². The molecule has 0 aliphatic rings. The molecule has 24 heavy (non-hydrogen) atoms. The SMILES string of the molecule is CN(Cc1cc([N+](=O)[O-])ccc1Cl)C(=O)CCc1cccc(F)c1. The summed E-state index contributed by atoms with van der Waals surface area (Å²) < 4.78 is 13.1. The first-order chi connectivity index (χ1) is 11.4. The van der Waals surface area contributed by atoms with E-state index in [4.69, 9.17) is 11.6 Å². The Balaban J connectivity index is 1.99. The Kier molecular flexibility index (Phi) is 5.87. The Morgan fingerprint density at radius 1 is 1.29 bits per heavy atom. The third kappa shape index (κ3) is 4.76. The van der Waals surface area contributed by atoms with Crippen molar-refractivity contribution >= 4 is 23.2 Å². The molecule has 1 amide bonds. The van der Waals surface area contributed by atoms with E-state index in [1.807, 2.05) is 0 Å². The van der Waals surface area contributed by atoms with Crippen molar-refractivity contribution in [2.24, 2.45) is 0 Å². The monoisotopic (exact) mass is 350 g/mol. The summed E-state index contributed by atoms with van der Waals surface area (Å²) in [5, 5.41) is 11.2. The fourth-order valence-corrected chi connectivity index (χ4v) is 2.45. The van der Waals surface area contributed by atoms with Gasteiger partial charge in [0, 0.05) is 37.2 Å². The quantitative estimate of drug-likeness (QED) is 0.584. The number of amides is 1. The zero-order valence-corrected chi connectivity index (χ0v) is 13.8. The Morgan fingerprint density at radius 3 is 2.71 bits per heavy atom. The van der Waals surface area contributed by atoms with Crippen LogP contribution in [0.5, 0.6) is 0 Å². The summed E-state index contributed by atoms with van der Waals surface area (Å²) in [7, 11) is 1.60. The van der Waals surface area contributed by atoms with Crippen LogP contribution in [-0.2, 0) is 17.8 Å². The molecule has 0 N–H and O–H groups in total. The largest absolute Gasteiger partial charge is 0.341 e. The summed E-state index contributed by atoms with van der Waals surface area (Å²) >= 11 is 6.04. The highest BCUT2D eigenvalue weighted by Crippen LogP contribution is 2.23. The fourth-order valence-electron chi connectivity index (χ4n) is 2.27. The van der Waals surface area contributed by atoms with Crippen molar-refractivity contribution in [3.05, 3.63) is 74.5 Å². The van der Waals surface area contributed by atoms with Crippen LogP contribution in [0.4, 0.5) is 10.1 Å². The van der Waals surface area contributed by atoms with E-state index in [1.54, 1.807) is 19.2 Å². The molecule has 0 fully saturated rings. The predicted molar refractivity (Wildman–Crippen MR) is 89.3 cm³/mol. The number of nitro groups is 1. The number of halogens is 2. The molecule has 2 rings (SSSR count). The smallest absolute Gasteiger partial charge is 0.269 e. The first-order valence-electron chi connectivity index (χ1n) is 7.28. The van der Waals surface area contributed by atoms with Crippen LogP contribution in [0, 0.1) is 15.9 Å². The van der Waals surface area contributed by atoms with E-state index in [0.29, 0.717) is 17.0 Å². The molecule has 0 heterocycles. The van der Waals surface area contributed by atoms with Crippen molar-refractivity contribution in [1.82, 2.24) is 4.90 Å². The minimum Gasteiger partial charge on any atom is -0.341 e. The maximum atomic E-state index is 13.1. The van der Waals surface area contributed by atoms with Crippen LogP contribution in [0.2, 0.25) is 5.02 Å². The second-order valence-electron chi connectivity index (χ2n) is 5.41. The fraction of sp³-hybridized carbons (Fsp3) is 0.235. The van der Waals surface area contributed by atoms with E-state index in [9.17, 15) is 19.3 Å². The number of hydrogen-bond acceptors (Lipinski definition) is 3. The maximum Gasteiger partial charge on any atom is 0.269 e. The molecule has 2 aromatic rings. The standard InChI is InChI=1S/C17H16ClFN2O3/c1-20(11-13-10-15(21(23)24)6-7-16(13)18)17(22)8-5-12-3-2-4-14(19)9-12/h2-4,6-7,9-10H,5,8,11H2,1H3. The molecule has 0 radical (unpaired) electrons. The molecular formula is C17H16ClFN2O3. The van der Waals surface area contributed by atoms with Gasteiger partial charge in [0.1, 0.15) is 5.82 Å². The number of benzene rings is 2. The lowest BCUT2D eigenvalue weighted by molar-refractivity contribution is -0.384. The van der Waals surface area contributed by atoms with Gasteiger partial charge >= 0.3 is 0 Å². The Bertz CT molecular complexity index is 767. The topological polar surface area (TPSA) is 63.4 Å². The lowest BCUT2D eigenvalue weighted by Gasteiger charge is -2.18. The van der Waals surface area contributed by atoms with Crippen molar-refractivity contribution in [3.8, 4) is 0 Å². The van der Waals surface area contributed by atoms with Gasteiger partial charge in [-0.2, -0.15) is 0 Å². The molecule has 0 bridgehead atoms. The number of carbonyl (C=O) groups excluding carboxylic acids is 1. The molecule has 126 valence electrons. The molecule has 2 aromatic carbocycles. The van der Waals surface area contributed by atoms with Gasteiger partial charge < -0.3 is 4.90 Å². The van der Waals surface area contributed by atoms with E-state index < -0.39 is 4.92 Å². The van der Waals surface area contributed by atoms with Crippen molar-refractivity contribution in [2.75, 3.05) is 7.05 Å². The van der Waals surface area contributed by atoms with Crippen LogP contribution in [0.3, 0.4) is 0 Å². The van der Waals surface area contributed by atoms with Gasteiger partial charge in [0.25, 0.3) is 5.69 Å². The lowest BCUT2D eigenvalue weighted by Crippen LogP contribution is -2.26. The van der Waals surface area contributed by atoms with E-state index in [1.165, 1.54) is 35.2 Å². The summed E-state index contributed by atoms with van der Waals surface area (Å²) in [6, 6.07) is 10.2. The lowest BCUT2D eigenvalue weighted by atomic mass is 10.1. The van der Waals surface area contributed by atoms with E-state index in [0.717, 1.165) is 5.56 Å². The highest BCUT2D eigenvalue weighted by atomic mass is 35.5. The first-order valence-corrected chi connectivity index (χ1v) is 7.66. The highest BCUT2D eigenvalue weighted by Gasteiger charge is 2.14. The minimum atomic E-state index is -0.508. The molecule has 0 saturated heterocycles. The second kappa shape index (κ2) is 7.88. The van der Waals surface area contributed by atoms with Crippen molar-refractivity contribution in [2.45, 2.75) is 19.4 Å². The van der Waals surface area contributed by atoms with Crippen LogP contribution < -0.4 is 0 Å². The van der Waals surface area contributed by atoms with E-state index >= 15 is 0 Å². The second-order valence-corrected chi connectivity index (χ2v) is 5.82. The van der Waals surface area contributed by atoms with Crippen LogP contribution in [-0.4, -0.2) is 22.8 Å². The number of nitrogens with zero attached hydrogens (tertiary/aromatic N) is 2. The number of nitro benzene ring substituents is 1. The summed E-state index contributed by atoms with van der Waals surface area (Å²) in [4.78, 5) is 24.0. The van der Waals surface area contributed by atoms with Gasteiger partial charge in [-0.1, -0.05) is 23.7 Å². The number of hydrogen-bond donors (Lipinski definition) is 0. The molecule has 0 unspecified atom stereocenters. The van der Waals surface area contributed by atoms with Crippen LogP contribution in [0.25, 0.3) is 0 Å². The molecular weight excluding hydrogens is 335 g/mol. The van der Waals surface area contributed by atoms with Gasteiger partial charge in [-0.15, -0.1) is 0 Å². The third-order valence-corrected chi connectivity index (χ3v) is 3.96. The summed E-state index contributed by atoms with van der Waals surface area (Å²) in [5.41, 5.74) is 1.17. The number of aryl methyl sites for hydroxylation is 1. The van der Waals surface area contributed by atoms with Gasteiger partial charge in [0.05, 0.1) is 4.92 Å². The normalized spacial score (nSPS) is 10.5. The minimum absolute atomic E-state index is 0.0741. The third-order valence-electron chi connectivity index (χ3n) is 3.59. The maximum absolute atomic E-state index is 13.1. The van der Waals surface area contributed by atoms with Gasteiger partial charge in [-0.3, -0.25) is 14.9 Å². The molecule has 0 aliphatic heterocycles. The average Bonchev–Trinajstić information content (AvgIpc) is 2.54. The zero-order valence-electron chi connectivity index (χ0n) is 13.0. The predicted octanol–water partition coefficient (Wildman–Crippen LogP) is 3.98. The number of carbonyl (C=O) groups is 1. The van der Waals surface area contributed by atoms with Gasteiger partial charge in [-0.25, -0.2) is 4.39 Å². The van der Waals surface area contributed by atoms with Gasteiger partial charge in [0.2, 0.25) is 5.91 Å². The zero-order chi connectivity index (χ0) is 17.7. The average molecular weight is 351 g/mol. The molecule has 0 aliphatic carbocycles. The Labute approximate surface area is 143 Å². The number of non-ortho nitro benzene ring substituents is 1. The highest BCUT2D eigenvalue weighted by molar-refractivity contribution is 6.31. The van der Waals surface area contributed by atoms with Crippen molar-refractivity contribution in [1.29, 1.82) is 0 Å². The molecule has 7 heteroatoms. The summed E-state index contributed by atoms with van der Waals surface area (Å²) in [5.74, 6) is -0.487. The Hall–Kier alpha value is -2.47.